The summed E-state index contributed by atoms with van der Waals surface area (Å²) in [5, 5.41) is 0. The number of aryl methyl sites for hydroxylation is 2. The van der Waals surface area contributed by atoms with E-state index in [2.05, 4.69) is 33.4 Å². The van der Waals surface area contributed by atoms with E-state index in [4.69, 9.17) is 5.73 Å². The van der Waals surface area contributed by atoms with Crippen molar-refractivity contribution < 1.29 is 0 Å². The molecule has 1 rings (SSSR count). The lowest BCUT2D eigenvalue weighted by Gasteiger charge is -2.14. The van der Waals surface area contributed by atoms with E-state index in [1.807, 2.05) is 12.1 Å². The van der Waals surface area contributed by atoms with Crippen molar-refractivity contribution in [3.8, 4) is 0 Å². The number of nitrogens with two attached hydrogens (primary N) is 1. The minimum atomic E-state index is 0.334. The third-order valence-electron chi connectivity index (χ3n) is 2.37. The summed E-state index contributed by atoms with van der Waals surface area (Å²) < 4.78 is 0. The van der Waals surface area contributed by atoms with Crippen molar-refractivity contribution in [2.75, 3.05) is 5.73 Å². The van der Waals surface area contributed by atoms with Gasteiger partial charge in [0.1, 0.15) is 0 Å². The normalized spacial score (nSPS) is 12.5. The topological polar surface area (TPSA) is 26.0 Å². The molecule has 0 fully saturated rings. The van der Waals surface area contributed by atoms with E-state index in [0.29, 0.717) is 5.92 Å². The lowest BCUT2D eigenvalue weighted by atomic mass is 9.93. The van der Waals surface area contributed by atoms with Gasteiger partial charge in [0, 0.05) is 11.6 Å². The number of nitrogen functional groups attached to an aromatic ring is 1. The zero-order valence-electron chi connectivity index (χ0n) is 8.59. The van der Waals surface area contributed by atoms with Gasteiger partial charge in [-0.2, -0.15) is 0 Å². The Morgan fingerprint density at radius 3 is 2.46 bits per heavy atom. The molecule has 0 aliphatic rings. The fourth-order valence-electron chi connectivity index (χ4n) is 1.75. The summed E-state index contributed by atoms with van der Waals surface area (Å²) in [5.41, 5.74) is 10.5. The number of hydrogen-bond acceptors (Lipinski definition) is 1. The molecule has 2 N–H and O–H groups in total. The zero-order chi connectivity index (χ0) is 10.0. The summed E-state index contributed by atoms with van der Waals surface area (Å²) in [4.78, 5) is 0. The van der Waals surface area contributed by atoms with E-state index >= 15 is 0 Å². The third kappa shape index (κ3) is 1.92. The monoisotopic (exact) mass is 175 g/mol. The molecule has 1 nitrogen and oxygen atoms in total. The molecule has 0 aliphatic heterocycles. The van der Waals surface area contributed by atoms with E-state index < -0.39 is 0 Å². The molecule has 0 spiro atoms. The average Bonchev–Trinajstić information content (AvgIpc) is 2.02. The second-order valence-corrected chi connectivity index (χ2v) is 3.61. The van der Waals surface area contributed by atoms with Crippen LogP contribution in [0, 0.1) is 13.8 Å². The molecule has 70 valence electrons. The molecule has 1 atom stereocenters. The molecule has 0 saturated heterocycles. The molecular weight excluding hydrogens is 158 g/mol. The molecule has 1 heteroatoms. The molecule has 0 aromatic heterocycles. The van der Waals surface area contributed by atoms with Gasteiger partial charge in [0.15, 0.2) is 0 Å². The van der Waals surface area contributed by atoms with E-state index in [-0.39, 0.29) is 0 Å². The van der Waals surface area contributed by atoms with Crippen LogP contribution >= 0.6 is 0 Å². The predicted octanol–water partition coefficient (Wildman–Crippen LogP) is 3.18. The maximum absolute atomic E-state index is 5.95. The minimum Gasteiger partial charge on any atom is -0.398 e. The Bertz CT molecular complexity index is 303. The number of hydrogen-bond donors (Lipinski definition) is 1. The van der Waals surface area contributed by atoms with Crippen LogP contribution in [0.1, 0.15) is 29.5 Å². The second kappa shape index (κ2) is 3.65. The van der Waals surface area contributed by atoms with Crippen LogP contribution in [-0.4, -0.2) is 0 Å². The Labute approximate surface area is 80.3 Å². The van der Waals surface area contributed by atoms with E-state index in [1.165, 1.54) is 16.7 Å². The predicted molar refractivity (Wildman–Crippen MR) is 58.9 cm³/mol. The quantitative estimate of drug-likeness (QED) is 0.542. The summed E-state index contributed by atoms with van der Waals surface area (Å²) in [6, 6.07) is 4.17. The fourth-order valence-corrected chi connectivity index (χ4v) is 1.75. The molecule has 0 bridgehead atoms. The van der Waals surface area contributed by atoms with Gasteiger partial charge in [-0.1, -0.05) is 19.1 Å². The van der Waals surface area contributed by atoms with Gasteiger partial charge >= 0.3 is 0 Å². The first-order chi connectivity index (χ1) is 6.06. The van der Waals surface area contributed by atoms with Crippen molar-refractivity contribution in [1.82, 2.24) is 0 Å². The highest BCUT2D eigenvalue weighted by atomic mass is 14.6. The van der Waals surface area contributed by atoms with E-state index in [1.54, 1.807) is 0 Å². The number of allylic oxidation sites excluding steroid dienone is 1. The van der Waals surface area contributed by atoms with Crippen LogP contribution in [0.3, 0.4) is 0 Å². The first-order valence-corrected chi connectivity index (χ1v) is 4.55. The maximum atomic E-state index is 5.95. The minimum absolute atomic E-state index is 0.334. The molecule has 0 radical (unpaired) electrons. The molecule has 0 amide bonds. The Morgan fingerprint density at radius 2 is 2.00 bits per heavy atom. The van der Waals surface area contributed by atoms with Crippen LogP contribution in [-0.2, 0) is 0 Å². The molecule has 1 aromatic rings. The SMILES string of the molecule is C=C[C@@H](C)c1c(C)cc(C)cc1N. The zero-order valence-corrected chi connectivity index (χ0v) is 8.59. The van der Waals surface area contributed by atoms with Crippen molar-refractivity contribution >= 4 is 5.69 Å². The summed E-state index contributed by atoms with van der Waals surface area (Å²) >= 11 is 0. The fraction of sp³-hybridized carbons (Fsp3) is 0.333. The highest BCUT2D eigenvalue weighted by Gasteiger charge is 2.08. The maximum Gasteiger partial charge on any atom is 0.0357 e. The van der Waals surface area contributed by atoms with Crippen molar-refractivity contribution in [3.63, 3.8) is 0 Å². The van der Waals surface area contributed by atoms with Gasteiger partial charge in [-0.05, 0) is 36.6 Å². The molecule has 0 saturated carbocycles. The van der Waals surface area contributed by atoms with Gasteiger partial charge in [0.2, 0.25) is 0 Å². The number of anilines is 1. The van der Waals surface area contributed by atoms with Gasteiger partial charge in [-0.3, -0.25) is 0 Å². The van der Waals surface area contributed by atoms with Crippen molar-refractivity contribution in [2.45, 2.75) is 26.7 Å². The van der Waals surface area contributed by atoms with Crippen LogP contribution in [0.4, 0.5) is 5.69 Å². The van der Waals surface area contributed by atoms with Gasteiger partial charge in [-0.15, -0.1) is 6.58 Å². The van der Waals surface area contributed by atoms with E-state index in [9.17, 15) is 0 Å². The van der Waals surface area contributed by atoms with Gasteiger partial charge < -0.3 is 5.73 Å². The van der Waals surface area contributed by atoms with Gasteiger partial charge in [-0.25, -0.2) is 0 Å². The van der Waals surface area contributed by atoms with Crippen LogP contribution in [0.5, 0.6) is 0 Å². The molecule has 0 heterocycles. The Morgan fingerprint density at radius 1 is 1.38 bits per heavy atom. The van der Waals surface area contributed by atoms with Crippen molar-refractivity contribution in [1.29, 1.82) is 0 Å². The lowest BCUT2D eigenvalue weighted by Crippen LogP contribution is -2.00. The van der Waals surface area contributed by atoms with Crippen LogP contribution in [0.25, 0.3) is 0 Å². The van der Waals surface area contributed by atoms with Crippen LogP contribution in [0.2, 0.25) is 0 Å². The van der Waals surface area contributed by atoms with Crippen LogP contribution in [0.15, 0.2) is 24.8 Å². The van der Waals surface area contributed by atoms with E-state index in [0.717, 1.165) is 5.69 Å². The molecule has 0 aliphatic carbocycles. The molecule has 13 heavy (non-hydrogen) atoms. The second-order valence-electron chi connectivity index (χ2n) is 3.61. The lowest BCUT2D eigenvalue weighted by molar-refractivity contribution is 0.958. The summed E-state index contributed by atoms with van der Waals surface area (Å²) in [6.07, 6.45) is 1.92. The Hall–Kier alpha value is -1.24. The molecule has 1 aromatic carbocycles. The average molecular weight is 175 g/mol. The van der Waals surface area contributed by atoms with Crippen molar-refractivity contribution in [2.24, 2.45) is 0 Å². The molecule has 0 unspecified atom stereocenters. The first-order valence-electron chi connectivity index (χ1n) is 4.55. The largest absolute Gasteiger partial charge is 0.398 e. The highest BCUT2D eigenvalue weighted by Crippen LogP contribution is 2.27. The number of benzene rings is 1. The highest BCUT2D eigenvalue weighted by molar-refractivity contribution is 5.55. The Kier molecular flexibility index (Phi) is 2.76. The summed E-state index contributed by atoms with van der Waals surface area (Å²) in [7, 11) is 0. The molecular formula is C12H17N. The van der Waals surface area contributed by atoms with Gasteiger partial charge in [0.25, 0.3) is 0 Å². The Balaban J connectivity index is 3.28. The smallest absolute Gasteiger partial charge is 0.0357 e. The van der Waals surface area contributed by atoms with Crippen molar-refractivity contribution in [3.05, 3.63) is 41.5 Å². The third-order valence-corrected chi connectivity index (χ3v) is 2.37. The standard InChI is InChI=1S/C12H17N/c1-5-9(3)12-10(4)6-8(2)7-11(12)13/h5-7,9H,1,13H2,2-4H3/t9-/m1/s1. The number of rotatable bonds is 2. The van der Waals surface area contributed by atoms with Gasteiger partial charge in [0.05, 0.1) is 0 Å². The van der Waals surface area contributed by atoms with Crippen LogP contribution < -0.4 is 5.73 Å². The summed E-state index contributed by atoms with van der Waals surface area (Å²) in [5.74, 6) is 0.334. The summed E-state index contributed by atoms with van der Waals surface area (Å²) in [6.45, 7) is 10.1. The first kappa shape index (κ1) is 9.85.